The van der Waals surface area contributed by atoms with E-state index in [2.05, 4.69) is 15.5 Å². The van der Waals surface area contributed by atoms with E-state index in [-0.39, 0.29) is 10.6 Å². The number of aryl methyl sites for hydroxylation is 1. The summed E-state index contributed by atoms with van der Waals surface area (Å²) in [5.74, 6) is 0. The number of rotatable bonds is 5. The van der Waals surface area contributed by atoms with Gasteiger partial charge in [0.05, 0.1) is 27.0 Å². The van der Waals surface area contributed by atoms with Crippen molar-refractivity contribution in [2.24, 2.45) is 5.10 Å². The van der Waals surface area contributed by atoms with E-state index >= 15 is 0 Å². The van der Waals surface area contributed by atoms with E-state index in [0.717, 1.165) is 38.0 Å². The summed E-state index contributed by atoms with van der Waals surface area (Å²) in [5, 5.41) is 16.1. The number of hydrogen-bond acceptors (Lipinski definition) is 6. The lowest BCUT2D eigenvalue weighted by atomic mass is 10.2. The normalized spacial score (nSPS) is 11.4. The lowest BCUT2D eigenvalue weighted by Crippen LogP contribution is -2.00. The molecule has 0 bridgehead atoms. The van der Waals surface area contributed by atoms with Crippen LogP contribution in [0.1, 0.15) is 17.0 Å². The molecule has 7 nitrogen and oxygen atoms in total. The highest BCUT2D eigenvalue weighted by molar-refractivity contribution is 7.22. The number of benzene rings is 2. The van der Waals surface area contributed by atoms with Crippen LogP contribution in [-0.2, 0) is 0 Å². The van der Waals surface area contributed by atoms with Crippen LogP contribution < -0.4 is 5.43 Å². The third-order valence-electron chi connectivity index (χ3n) is 4.43. The predicted molar refractivity (Wildman–Crippen MR) is 113 cm³/mol. The number of anilines is 1. The van der Waals surface area contributed by atoms with Crippen LogP contribution in [0, 0.1) is 24.0 Å². The van der Waals surface area contributed by atoms with E-state index in [9.17, 15) is 10.1 Å². The highest BCUT2D eigenvalue weighted by atomic mass is 32.1. The Labute approximate surface area is 165 Å². The van der Waals surface area contributed by atoms with Crippen LogP contribution >= 0.6 is 11.3 Å². The molecule has 0 aliphatic heterocycles. The first-order chi connectivity index (χ1) is 13.5. The highest BCUT2D eigenvalue weighted by Crippen LogP contribution is 2.26. The van der Waals surface area contributed by atoms with Crippen molar-refractivity contribution in [3.05, 3.63) is 81.7 Å². The van der Waals surface area contributed by atoms with Crippen molar-refractivity contribution in [1.82, 2.24) is 9.55 Å². The number of fused-ring (bicyclic) bond motifs is 1. The quantitative estimate of drug-likeness (QED) is 0.293. The summed E-state index contributed by atoms with van der Waals surface area (Å²) in [5.41, 5.74) is 7.59. The van der Waals surface area contributed by atoms with Gasteiger partial charge in [-0.1, -0.05) is 29.5 Å². The maximum atomic E-state index is 11.1. The molecule has 2 aromatic carbocycles. The molecule has 0 aliphatic carbocycles. The van der Waals surface area contributed by atoms with Gasteiger partial charge in [-0.25, -0.2) is 4.98 Å². The molecule has 140 valence electrons. The molecule has 0 unspecified atom stereocenters. The number of hydrazone groups is 1. The summed E-state index contributed by atoms with van der Waals surface area (Å²) < 4.78 is 3.08. The molecule has 0 radical (unpaired) electrons. The molecule has 0 fully saturated rings. The van der Waals surface area contributed by atoms with E-state index in [1.54, 1.807) is 29.7 Å². The second kappa shape index (κ2) is 7.24. The number of hydrogen-bond donors (Lipinski definition) is 1. The van der Waals surface area contributed by atoms with Gasteiger partial charge < -0.3 is 4.57 Å². The van der Waals surface area contributed by atoms with Crippen molar-refractivity contribution in [3.8, 4) is 5.69 Å². The Morgan fingerprint density at radius 3 is 2.79 bits per heavy atom. The maximum absolute atomic E-state index is 11.1. The first kappa shape index (κ1) is 17.9. The lowest BCUT2D eigenvalue weighted by Gasteiger charge is -2.09. The zero-order valence-electron chi connectivity index (χ0n) is 15.3. The van der Waals surface area contributed by atoms with E-state index in [1.807, 2.05) is 54.8 Å². The van der Waals surface area contributed by atoms with Crippen LogP contribution in [0.3, 0.4) is 0 Å². The molecule has 2 heterocycles. The molecule has 4 rings (SSSR count). The zero-order chi connectivity index (χ0) is 19.7. The largest absolute Gasteiger partial charge is 0.318 e. The van der Waals surface area contributed by atoms with Crippen molar-refractivity contribution in [2.75, 3.05) is 5.43 Å². The third kappa shape index (κ3) is 3.37. The van der Waals surface area contributed by atoms with Crippen molar-refractivity contribution in [2.45, 2.75) is 13.8 Å². The molecular formula is C20H17N5O2S. The van der Waals surface area contributed by atoms with Gasteiger partial charge >= 0.3 is 0 Å². The average molecular weight is 391 g/mol. The minimum atomic E-state index is -0.387. The molecule has 0 spiro atoms. The van der Waals surface area contributed by atoms with Gasteiger partial charge in [-0.3, -0.25) is 15.5 Å². The number of nitrogens with one attached hydrogen (secondary N) is 1. The van der Waals surface area contributed by atoms with Crippen molar-refractivity contribution >= 4 is 38.6 Å². The van der Waals surface area contributed by atoms with Gasteiger partial charge in [0.2, 0.25) is 5.13 Å². The molecule has 0 atom stereocenters. The van der Waals surface area contributed by atoms with Crippen molar-refractivity contribution in [1.29, 1.82) is 0 Å². The lowest BCUT2D eigenvalue weighted by molar-refractivity contribution is -0.384. The van der Waals surface area contributed by atoms with E-state index in [0.29, 0.717) is 0 Å². The molecule has 28 heavy (non-hydrogen) atoms. The van der Waals surface area contributed by atoms with E-state index < -0.39 is 0 Å². The van der Waals surface area contributed by atoms with E-state index in [4.69, 9.17) is 0 Å². The predicted octanol–water partition coefficient (Wildman–Crippen LogP) is 5.06. The Morgan fingerprint density at radius 1 is 1.18 bits per heavy atom. The fourth-order valence-corrected chi connectivity index (χ4v) is 3.95. The van der Waals surface area contributed by atoms with Gasteiger partial charge in [0, 0.05) is 29.1 Å². The van der Waals surface area contributed by atoms with Crippen LogP contribution in [0.25, 0.3) is 15.9 Å². The number of para-hydroxylation sites is 1. The number of thiazole rings is 1. The second-order valence-electron chi connectivity index (χ2n) is 6.30. The Hall–Kier alpha value is -3.52. The summed E-state index contributed by atoms with van der Waals surface area (Å²) in [4.78, 5) is 15.2. The number of non-ortho nitro benzene ring substituents is 1. The Bertz CT molecular complexity index is 1180. The van der Waals surface area contributed by atoms with Crippen molar-refractivity contribution < 1.29 is 4.92 Å². The summed E-state index contributed by atoms with van der Waals surface area (Å²) in [6.45, 7) is 3.93. The minimum Gasteiger partial charge on any atom is -0.318 e. The first-order valence-corrected chi connectivity index (χ1v) is 9.43. The molecule has 2 aromatic heterocycles. The molecule has 0 amide bonds. The molecule has 0 saturated carbocycles. The Morgan fingerprint density at radius 2 is 2.00 bits per heavy atom. The molecule has 0 saturated heterocycles. The van der Waals surface area contributed by atoms with Gasteiger partial charge in [0.25, 0.3) is 5.69 Å². The zero-order valence-corrected chi connectivity index (χ0v) is 16.1. The maximum Gasteiger partial charge on any atom is 0.271 e. The third-order valence-corrected chi connectivity index (χ3v) is 5.37. The SMILES string of the molecule is Cc1cc(/C=N\Nc2nc3ccccc3s2)c(C)n1-c1cccc([N+](=O)[O-])c1. The first-order valence-electron chi connectivity index (χ1n) is 8.61. The smallest absolute Gasteiger partial charge is 0.271 e. The number of nitrogens with zero attached hydrogens (tertiary/aromatic N) is 4. The minimum absolute atomic E-state index is 0.0673. The standard InChI is InChI=1S/C20H17N5O2S/c1-13-10-15(12-21-23-20-22-18-8-3-4-9-19(18)28-20)14(2)24(13)16-6-5-7-17(11-16)25(26)27/h3-12H,1-2H3,(H,22,23)/b21-12-. The van der Waals surface area contributed by atoms with Gasteiger partial charge in [-0.2, -0.15) is 5.10 Å². The van der Waals surface area contributed by atoms with Crippen LogP contribution in [0.15, 0.2) is 59.7 Å². The molecule has 0 aliphatic rings. The summed E-state index contributed by atoms with van der Waals surface area (Å²) in [6.07, 6.45) is 1.74. The van der Waals surface area contributed by atoms with Gasteiger partial charge in [-0.05, 0) is 38.1 Å². The van der Waals surface area contributed by atoms with Gasteiger partial charge in [0.1, 0.15) is 0 Å². The number of nitro groups is 1. The van der Waals surface area contributed by atoms with E-state index in [1.165, 1.54) is 6.07 Å². The van der Waals surface area contributed by atoms with Crippen LogP contribution in [-0.4, -0.2) is 20.7 Å². The molecular weight excluding hydrogens is 374 g/mol. The Kier molecular flexibility index (Phi) is 4.62. The molecule has 4 aromatic rings. The fraction of sp³-hybridized carbons (Fsp3) is 0.100. The molecule has 8 heteroatoms. The highest BCUT2D eigenvalue weighted by Gasteiger charge is 2.12. The Balaban J connectivity index is 1.59. The van der Waals surface area contributed by atoms with Crippen LogP contribution in [0.4, 0.5) is 10.8 Å². The van der Waals surface area contributed by atoms with Crippen LogP contribution in [0.2, 0.25) is 0 Å². The van der Waals surface area contributed by atoms with Crippen molar-refractivity contribution in [3.63, 3.8) is 0 Å². The average Bonchev–Trinajstić information content (AvgIpc) is 3.22. The summed E-state index contributed by atoms with van der Waals surface area (Å²) in [7, 11) is 0. The van der Waals surface area contributed by atoms with Crippen LogP contribution in [0.5, 0.6) is 0 Å². The van der Waals surface area contributed by atoms with Gasteiger partial charge in [-0.15, -0.1) is 0 Å². The monoisotopic (exact) mass is 391 g/mol. The summed E-state index contributed by atoms with van der Waals surface area (Å²) >= 11 is 1.54. The second-order valence-corrected chi connectivity index (χ2v) is 7.33. The number of aromatic nitrogens is 2. The topological polar surface area (TPSA) is 85.3 Å². The summed E-state index contributed by atoms with van der Waals surface area (Å²) in [6, 6.07) is 16.5. The molecule has 1 N–H and O–H groups in total. The fourth-order valence-electron chi connectivity index (χ4n) is 3.14. The van der Waals surface area contributed by atoms with Gasteiger partial charge in [0.15, 0.2) is 0 Å². The number of nitro benzene ring substituents is 1.